The Labute approximate surface area is 140 Å². The van der Waals surface area contributed by atoms with Crippen LogP contribution in [-0.4, -0.2) is 17.2 Å². The number of allylic oxidation sites excluding steroid dienone is 3. The average Bonchev–Trinajstić information content (AvgIpc) is 2.63. The maximum atomic E-state index is 11.4. The second-order valence-corrected chi connectivity index (χ2v) is 5.45. The molecular weight excluding hydrogens is 308 g/mol. The summed E-state index contributed by atoms with van der Waals surface area (Å²) in [5.74, 6) is -0.215. The van der Waals surface area contributed by atoms with Crippen LogP contribution in [0.25, 0.3) is 0 Å². The molecule has 5 heteroatoms. The Morgan fingerprint density at radius 2 is 2.17 bits per heavy atom. The molecule has 1 aliphatic carbocycles. The van der Waals surface area contributed by atoms with Gasteiger partial charge in [-0.25, -0.2) is 4.79 Å². The highest BCUT2D eigenvalue weighted by Crippen LogP contribution is 2.28. The topological polar surface area (TPSA) is 65.0 Å². The molecule has 1 aliphatic heterocycles. The lowest BCUT2D eigenvalue weighted by atomic mass is 9.98. The molecule has 24 heavy (non-hydrogen) atoms. The molecule has 0 saturated heterocycles. The van der Waals surface area contributed by atoms with Gasteiger partial charge in [-0.3, -0.25) is 0 Å². The highest BCUT2D eigenvalue weighted by Gasteiger charge is 2.24. The van der Waals surface area contributed by atoms with Crippen LogP contribution in [0.1, 0.15) is 29.6 Å². The first-order valence-electron chi connectivity index (χ1n) is 7.75. The number of rotatable bonds is 6. The molecule has 1 aromatic carbocycles. The van der Waals surface area contributed by atoms with Crippen molar-refractivity contribution in [3.05, 3.63) is 78.2 Å². The van der Waals surface area contributed by atoms with Gasteiger partial charge in [-0.05, 0) is 25.0 Å². The molecule has 1 heterocycles. The van der Waals surface area contributed by atoms with E-state index in [1.54, 1.807) is 18.2 Å². The van der Waals surface area contributed by atoms with Crippen molar-refractivity contribution in [1.29, 1.82) is 0 Å². The minimum absolute atomic E-state index is 0.118. The predicted octanol–water partition coefficient (Wildman–Crippen LogP) is 4.16. The van der Waals surface area contributed by atoms with Crippen LogP contribution in [0.15, 0.2) is 72.6 Å². The molecule has 0 spiro atoms. The first-order valence-corrected chi connectivity index (χ1v) is 7.75. The zero-order valence-electron chi connectivity index (χ0n) is 13.1. The molecule has 0 aromatic heterocycles. The molecule has 124 valence electrons. The molecule has 1 unspecified atom stereocenters. The molecule has 1 aromatic rings. The Morgan fingerprint density at radius 3 is 2.88 bits per heavy atom. The van der Waals surface area contributed by atoms with Crippen LogP contribution >= 0.6 is 0 Å². The molecule has 1 atom stereocenters. The van der Waals surface area contributed by atoms with Gasteiger partial charge < -0.3 is 19.3 Å². The second-order valence-electron chi connectivity index (χ2n) is 5.45. The van der Waals surface area contributed by atoms with E-state index in [0.717, 1.165) is 12.8 Å². The summed E-state index contributed by atoms with van der Waals surface area (Å²) in [6.45, 7) is 0. The Bertz CT molecular complexity index is 727. The summed E-state index contributed by atoms with van der Waals surface area (Å²) in [6.07, 6.45) is 12.6. The van der Waals surface area contributed by atoms with Crippen molar-refractivity contribution in [1.82, 2.24) is 0 Å². The number of ether oxygens (including phenoxy) is 3. The van der Waals surface area contributed by atoms with Crippen LogP contribution in [0.2, 0.25) is 0 Å². The van der Waals surface area contributed by atoms with Crippen molar-refractivity contribution in [2.45, 2.75) is 25.4 Å². The van der Waals surface area contributed by atoms with E-state index in [-0.39, 0.29) is 5.56 Å². The van der Waals surface area contributed by atoms with Crippen LogP contribution < -0.4 is 4.74 Å². The van der Waals surface area contributed by atoms with Gasteiger partial charge in [-0.15, -0.1) is 0 Å². The SMILES string of the molecule is O=C(O)c1ccccc1OC(CC1=CC=CCC1)C1=COC=CO1. The van der Waals surface area contributed by atoms with Crippen LogP contribution in [-0.2, 0) is 9.47 Å². The van der Waals surface area contributed by atoms with Gasteiger partial charge in [-0.2, -0.15) is 0 Å². The quantitative estimate of drug-likeness (QED) is 0.850. The van der Waals surface area contributed by atoms with E-state index in [1.807, 2.05) is 6.08 Å². The molecule has 1 N–H and O–H groups in total. The molecule has 0 bridgehead atoms. The summed E-state index contributed by atoms with van der Waals surface area (Å²) in [5.41, 5.74) is 1.34. The Hall–Kier alpha value is -2.95. The third-order valence-electron chi connectivity index (χ3n) is 3.77. The molecular formula is C19H18O5. The summed E-state index contributed by atoms with van der Waals surface area (Å²) < 4.78 is 16.7. The zero-order chi connectivity index (χ0) is 16.8. The van der Waals surface area contributed by atoms with Gasteiger partial charge in [0.15, 0.2) is 11.9 Å². The van der Waals surface area contributed by atoms with Crippen LogP contribution in [0.3, 0.4) is 0 Å². The Morgan fingerprint density at radius 1 is 1.29 bits per heavy atom. The summed E-state index contributed by atoms with van der Waals surface area (Å²) >= 11 is 0. The number of carboxylic acids is 1. The maximum absolute atomic E-state index is 11.4. The Balaban J connectivity index is 1.84. The molecule has 0 amide bonds. The highest BCUT2D eigenvalue weighted by molar-refractivity contribution is 5.90. The van der Waals surface area contributed by atoms with E-state index in [1.165, 1.54) is 30.4 Å². The van der Waals surface area contributed by atoms with Crippen LogP contribution in [0, 0.1) is 0 Å². The fourth-order valence-corrected chi connectivity index (χ4v) is 2.58. The largest absolute Gasteiger partial charge is 0.481 e. The normalized spacial score (nSPS) is 17.2. The summed E-state index contributed by atoms with van der Waals surface area (Å²) in [7, 11) is 0. The van der Waals surface area contributed by atoms with Crippen molar-refractivity contribution >= 4 is 5.97 Å². The van der Waals surface area contributed by atoms with Crippen molar-refractivity contribution in [2.75, 3.05) is 0 Å². The van der Waals surface area contributed by atoms with E-state index < -0.39 is 12.1 Å². The van der Waals surface area contributed by atoms with Gasteiger partial charge in [0.05, 0.1) is 0 Å². The zero-order valence-corrected chi connectivity index (χ0v) is 13.1. The summed E-state index contributed by atoms with van der Waals surface area (Å²) in [5, 5.41) is 9.33. The first-order chi connectivity index (χ1) is 11.7. The fourth-order valence-electron chi connectivity index (χ4n) is 2.58. The second kappa shape index (κ2) is 7.55. The van der Waals surface area contributed by atoms with Gasteiger partial charge in [0.25, 0.3) is 0 Å². The third kappa shape index (κ3) is 3.87. The molecule has 3 rings (SSSR count). The first kappa shape index (κ1) is 15.9. The van der Waals surface area contributed by atoms with Crippen molar-refractivity contribution in [2.24, 2.45) is 0 Å². The van der Waals surface area contributed by atoms with Gasteiger partial charge in [0.2, 0.25) is 0 Å². The lowest BCUT2D eigenvalue weighted by Gasteiger charge is -2.24. The van der Waals surface area contributed by atoms with E-state index >= 15 is 0 Å². The van der Waals surface area contributed by atoms with Crippen LogP contribution in [0.4, 0.5) is 0 Å². The van der Waals surface area contributed by atoms with Gasteiger partial charge >= 0.3 is 5.97 Å². The number of hydrogen-bond donors (Lipinski definition) is 1. The van der Waals surface area contributed by atoms with Crippen LogP contribution in [0.5, 0.6) is 5.75 Å². The standard InChI is InChI=1S/C19H18O5/c20-19(21)15-8-4-5-9-16(15)24-17(18-13-22-10-11-23-18)12-14-6-2-1-3-7-14/h1-2,4-6,8-11,13,17H,3,7,12H2,(H,20,21). The molecule has 2 aliphatic rings. The molecule has 5 nitrogen and oxygen atoms in total. The number of para-hydroxylation sites is 1. The molecule has 0 saturated carbocycles. The van der Waals surface area contributed by atoms with Gasteiger partial charge in [0.1, 0.15) is 30.1 Å². The minimum Gasteiger partial charge on any atom is -0.481 e. The number of hydrogen-bond acceptors (Lipinski definition) is 4. The third-order valence-corrected chi connectivity index (χ3v) is 3.77. The molecule has 0 fully saturated rings. The number of benzene rings is 1. The smallest absolute Gasteiger partial charge is 0.339 e. The number of carboxylic acid groups (broad SMARTS) is 1. The summed E-state index contributed by atoms with van der Waals surface area (Å²) in [6, 6.07) is 6.57. The minimum atomic E-state index is -1.03. The maximum Gasteiger partial charge on any atom is 0.339 e. The molecule has 0 radical (unpaired) electrons. The van der Waals surface area contributed by atoms with E-state index in [2.05, 4.69) is 12.2 Å². The van der Waals surface area contributed by atoms with Crippen molar-refractivity contribution in [3.63, 3.8) is 0 Å². The number of carbonyl (C=O) groups is 1. The van der Waals surface area contributed by atoms with Gasteiger partial charge in [-0.1, -0.05) is 35.9 Å². The highest BCUT2D eigenvalue weighted by atomic mass is 16.6. The number of aromatic carboxylic acids is 1. The van der Waals surface area contributed by atoms with Gasteiger partial charge in [0, 0.05) is 6.42 Å². The van der Waals surface area contributed by atoms with Crippen molar-refractivity contribution in [3.8, 4) is 5.75 Å². The summed E-state index contributed by atoms with van der Waals surface area (Å²) in [4.78, 5) is 11.4. The average molecular weight is 326 g/mol. The predicted molar refractivity (Wildman–Crippen MR) is 88.3 cm³/mol. The Kier molecular flexibility index (Phi) is 5.01. The lowest BCUT2D eigenvalue weighted by molar-refractivity contribution is 0.0686. The van der Waals surface area contributed by atoms with E-state index in [4.69, 9.17) is 14.2 Å². The fraction of sp³-hybridized carbons (Fsp3) is 0.211. The van der Waals surface area contributed by atoms with E-state index in [0.29, 0.717) is 17.9 Å². The lowest BCUT2D eigenvalue weighted by Crippen LogP contribution is -2.23. The monoisotopic (exact) mass is 326 g/mol. The van der Waals surface area contributed by atoms with E-state index in [9.17, 15) is 9.90 Å². The van der Waals surface area contributed by atoms with Crippen molar-refractivity contribution < 1.29 is 24.1 Å².